The van der Waals surface area contributed by atoms with Crippen molar-refractivity contribution in [2.45, 2.75) is 13.1 Å². The second-order valence-corrected chi connectivity index (χ2v) is 3.01. The number of hydrogen-bond acceptors (Lipinski definition) is 1. The number of carbonyl (C=O) groups is 1. The van der Waals surface area contributed by atoms with E-state index >= 15 is 0 Å². The Bertz CT molecular complexity index is 478. The zero-order valence-corrected chi connectivity index (χ0v) is 7.12. The summed E-state index contributed by atoms with van der Waals surface area (Å²) >= 11 is 0. The van der Waals surface area contributed by atoms with Crippen LogP contribution in [0.2, 0.25) is 0 Å². The molecule has 0 aromatic heterocycles. The predicted molar refractivity (Wildman–Crippen MR) is 46.2 cm³/mol. The zero-order chi connectivity index (χ0) is 9.42. The highest BCUT2D eigenvalue weighted by molar-refractivity contribution is 5.91. The summed E-state index contributed by atoms with van der Waals surface area (Å²) in [6.07, 6.45) is -1.56. The van der Waals surface area contributed by atoms with Crippen LogP contribution < -0.4 is 10.6 Å². The van der Waals surface area contributed by atoms with Crippen LogP contribution in [-0.4, -0.2) is 12.1 Å². The van der Waals surface area contributed by atoms with E-state index in [9.17, 15) is 9.18 Å². The molecule has 1 atom stereocenters. The SMILES string of the molecule is CC1=c2ccccc2=NC(=O)[C@H]1F. The molecule has 0 unspecified atom stereocenters. The molecule has 2 nitrogen and oxygen atoms in total. The number of hydrogen-bond donors (Lipinski definition) is 0. The van der Waals surface area contributed by atoms with Crippen LogP contribution in [0, 0.1) is 0 Å². The molecule has 66 valence electrons. The lowest BCUT2D eigenvalue weighted by Gasteiger charge is -2.08. The Morgan fingerprint density at radius 1 is 1.38 bits per heavy atom. The molecule has 2 rings (SSSR count). The van der Waals surface area contributed by atoms with Gasteiger partial charge >= 0.3 is 0 Å². The lowest BCUT2D eigenvalue weighted by atomic mass is 10.1. The Kier molecular flexibility index (Phi) is 1.72. The molecule has 1 aromatic rings. The summed E-state index contributed by atoms with van der Waals surface area (Å²) < 4.78 is 13.2. The number of alkyl halides is 1. The Morgan fingerprint density at radius 3 is 2.85 bits per heavy atom. The first kappa shape index (κ1) is 8.10. The van der Waals surface area contributed by atoms with Gasteiger partial charge < -0.3 is 0 Å². The number of halogens is 1. The highest BCUT2D eigenvalue weighted by Gasteiger charge is 2.22. The van der Waals surface area contributed by atoms with E-state index in [1.165, 1.54) is 0 Å². The maximum atomic E-state index is 13.2. The molecule has 0 saturated heterocycles. The Morgan fingerprint density at radius 2 is 2.08 bits per heavy atom. The van der Waals surface area contributed by atoms with Crippen molar-refractivity contribution in [2.24, 2.45) is 4.99 Å². The van der Waals surface area contributed by atoms with Crippen LogP contribution >= 0.6 is 0 Å². The van der Waals surface area contributed by atoms with Crippen LogP contribution in [0.5, 0.6) is 0 Å². The number of nitrogens with zero attached hydrogens (tertiary/aromatic N) is 1. The minimum absolute atomic E-state index is 0.454. The van der Waals surface area contributed by atoms with Gasteiger partial charge in [0.25, 0.3) is 5.91 Å². The van der Waals surface area contributed by atoms with Gasteiger partial charge in [0.05, 0.1) is 5.36 Å². The van der Waals surface area contributed by atoms with Crippen molar-refractivity contribution in [3.8, 4) is 0 Å². The van der Waals surface area contributed by atoms with Crippen LogP contribution in [0.15, 0.2) is 29.3 Å². The van der Waals surface area contributed by atoms with E-state index in [1.807, 2.05) is 0 Å². The quantitative estimate of drug-likeness (QED) is 0.562. The summed E-state index contributed by atoms with van der Waals surface area (Å²) in [7, 11) is 0. The Balaban J connectivity index is 2.89. The van der Waals surface area contributed by atoms with E-state index in [-0.39, 0.29) is 0 Å². The first-order valence-electron chi connectivity index (χ1n) is 4.02. The summed E-state index contributed by atoms with van der Waals surface area (Å²) in [5, 5.41) is 1.30. The van der Waals surface area contributed by atoms with E-state index < -0.39 is 12.1 Å². The molecule has 0 aliphatic carbocycles. The van der Waals surface area contributed by atoms with Crippen LogP contribution in [0.4, 0.5) is 4.39 Å². The van der Waals surface area contributed by atoms with Gasteiger partial charge in [-0.1, -0.05) is 18.2 Å². The highest BCUT2D eigenvalue weighted by atomic mass is 19.1. The first-order valence-corrected chi connectivity index (χ1v) is 4.02. The normalized spacial score (nSPS) is 20.9. The number of carbonyl (C=O) groups excluding carboxylic acids is 1. The predicted octanol–water partition coefficient (Wildman–Crippen LogP) is 0.355. The fraction of sp³-hybridized carbons (Fsp3) is 0.200. The van der Waals surface area contributed by atoms with Crippen LogP contribution in [0.3, 0.4) is 0 Å². The number of para-hydroxylation sites is 1. The second kappa shape index (κ2) is 2.76. The summed E-state index contributed by atoms with van der Waals surface area (Å²) in [5.74, 6) is -0.698. The van der Waals surface area contributed by atoms with Gasteiger partial charge in [0.15, 0.2) is 0 Å². The van der Waals surface area contributed by atoms with Gasteiger partial charge in [-0.15, -0.1) is 0 Å². The largest absolute Gasteiger partial charge is 0.285 e. The lowest BCUT2D eigenvalue weighted by molar-refractivity contribution is -0.121. The Labute approximate surface area is 74.4 Å². The molecule has 0 fully saturated rings. The maximum Gasteiger partial charge on any atom is 0.285 e. The second-order valence-electron chi connectivity index (χ2n) is 3.01. The summed E-state index contributed by atoms with van der Waals surface area (Å²) in [5.41, 5.74) is 0.454. The maximum absolute atomic E-state index is 13.2. The molecular formula is C10H8FNO. The van der Waals surface area contributed by atoms with Crippen LogP contribution in [-0.2, 0) is 4.79 Å². The minimum Gasteiger partial charge on any atom is -0.269 e. The van der Waals surface area contributed by atoms with E-state index in [4.69, 9.17) is 0 Å². The van der Waals surface area contributed by atoms with Gasteiger partial charge in [-0.3, -0.25) is 4.79 Å². The van der Waals surface area contributed by atoms with Gasteiger partial charge in [-0.25, -0.2) is 9.38 Å². The summed E-state index contributed by atoms with van der Waals surface area (Å²) in [6, 6.07) is 7.07. The fourth-order valence-electron chi connectivity index (χ4n) is 1.40. The van der Waals surface area contributed by atoms with E-state index in [0.717, 1.165) is 5.22 Å². The van der Waals surface area contributed by atoms with Crippen molar-refractivity contribution in [2.75, 3.05) is 0 Å². The van der Waals surface area contributed by atoms with Gasteiger partial charge in [0.2, 0.25) is 6.17 Å². The van der Waals surface area contributed by atoms with Crippen LogP contribution in [0.25, 0.3) is 5.57 Å². The molecule has 1 amide bonds. The third-order valence-electron chi connectivity index (χ3n) is 2.16. The lowest BCUT2D eigenvalue weighted by Crippen LogP contribution is -2.37. The van der Waals surface area contributed by atoms with E-state index in [1.54, 1.807) is 31.2 Å². The third-order valence-corrected chi connectivity index (χ3v) is 2.16. The van der Waals surface area contributed by atoms with Crippen molar-refractivity contribution in [1.29, 1.82) is 0 Å². The third kappa shape index (κ3) is 1.16. The minimum atomic E-state index is -1.56. The molecule has 0 radical (unpaired) electrons. The van der Waals surface area contributed by atoms with Gasteiger partial charge in [0.1, 0.15) is 0 Å². The number of benzene rings is 1. The van der Waals surface area contributed by atoms with Gasteiger partial charge in [-0.2, -0.15) is 0 Å². The van der Waals surface area contributed by atoms with Crippen molar-refractivity contribution < 1.29 is 9.18 Å². The number of fused-ring (bicyclic) bond motifs is 1. The van der Waals surface area contributed by atoms with Crippen molar-refractivity contribution in [3.63, 3.8) is 0 Å². The molecule has 3 heteroatoms. The molecule has 0 saturated carbocycles. The van der Waals surface area contributed by atoms with Gasteiger partial charge in [-0.05, 0) is 18.6 Å². The molecule has 0 N–H and O–H groups in total. The average molecular weight is 177 g/mol. The van der Waals surface area contributed by atoms with Crippen molar-refractivity contribution >= 4 is 11.5 Å². The Hall–Kier alpha value is -1.51. The fourth-order valence-corrected chi connectivity index (χ4v) is 1.40. The molecule has 1 aromatic carbocycles. The molecule has 1 aliphatic heterocycles. The number of amides is 1. The molecule has 0 bridgehead atoms. The standard InChI is InChI=1S/C10H8FNO/c1-6-7-4-2-3-5-8(7)12-10(13)9(6)11/h2-5,9H,1H3/t9-/m0/s1. The number of rotatable bonds is 0. The molecule has 1 heterocycles. The highest BCUT2D eigenvalue weighted by Crippen LogP contribution is 2.08. The van der Waals surface area contributed by atoms with Crippen molar-refractivity contribution in [1.82, 2.24) is 0 Å². The zero-order valence-electron chi connectivity index (χ0n) is 7.12. The van der Waals surface area contributed by atoms with Crippen molar-refractivity contribution in [3.05, 3.63) is 34.8 Å². The molecular weight excluding hydrogens is 169 g/mol. The van der Waals surface area contributed by atoms with E-state index in [2.05, 4.69) is 4.99 Å². The average Bonchev–Trinajstić information content (AvgIpc) is 2.15. The topological polar surface area (TPSA) is 29.4 Å². The first-order chi connectivity index (χ1) is 6.20. The molecule has 13 heavy (non-hydrogen) atoms. The monoisotopic (exact) mass is 177 g/mol. The summed E-state index contributed by atoms with van der Waals surface area (Å²) in [4.78, 5) is 14.6. The van der Waals surface area contributed by atoms with Crippen LogP contribution in [0.1, 0.15) is 6.92 Å². The molecule has 0 spiro atoms. The van der Waals surface area contributed by atoms with Gasteiger partial charge in [0, 0.05) is 5.22 Å². The summed E-state index contributed by atoms with van der Waals surface area (Å²) in [6.45, 7) is 1.62. The molecule has 1 aliphatic rings. The smallest absolute Gasteiger partial charge is 0.269 e. The van der Waals surface area contributed by atoms with E-state index in [0.29, 0.717) is 10.9 Å².